The highest BCUT2D eigenvalue weighted by Gasteiger charge is 2.33. The zero-order chi connectivity index (χ0) is 15.6. The van der Waals surface area contributed by atoms with E-state index in [2.05, 4.69) is 5.32 Å². The Morgan fingerprint density at radius 2 is 1.65 bits per heavy atom. The lowest BCUT2D eigenvalue weighted by Gasteiger charge is -2.27. The molecule has 4 nitrogen and oxygen atoms in total. The van der Waals surface area contributed by atoms with Crippen molar-refractivity contribution in [2.45, 2.75) is 33.1 Å². The Bertz CT molecular complexity index is 506. The molecule has 0 aromatic heterocycles. The lowest BCUT2D eigenvalue weighted by molar-refractivity contribution is -0.146. The van der Waals surface area contributed by atoms with Crippen molar-refractivity contribution in [2.24, 2.45) is 5.41 Å². The second kappa shape index (κ2) is 5.61. The van der Waals surface area contributed by atoms with E-state index in [1.165, 1.54) is 12.1 Å². The Hall–Kier alpha value is -1.91. The highest BCUT2D eigenvalue weighted by atomic mass is 19.1. The van der Waals surface area contributed by atoms with Gasteiger partial charge in [-0.15, -0.1) is 0 Å². The number of carboxylic acids is 1. The average molecular weight is 281 g/mol. The average Bonchev–Trinajstić information content (AvgIpc) is 2.36. The fourth-order valence-electron chi connectivity index (χ4n) is 1.60. The minimum Gasteiger partial charge on any atom is -0.481 e. The zero-order valence-corrected chi connectivity index (χ0v) is 12.2. The van der Waals surface area contributed by atoms with Gasteiger partial charge in [-0.2, -0.15) is 0 Å². The molecule has 5 heteroatoms. The summed E-state index contributed by atoms with van der Waals surface area (Å²) in [6, 6.07) is 5.70. The number of carbonyl (C=O) groups excluding carboxylic acids is 1. The molecule has 0 bridgehead atoms. The molecule has 0 heterocycles. The minimum absolute atomic E-state index is 0.0335. The van der Waals surface area contributed by atoms with Crippen molar-refractivity contribution in [3.8, 4) is 0 Å². The van der Waals surface area contributed by atoms with Gasteiger partial charge in [0.2, 0.25) is 5.91 Å². The van der Waals surface area contributed by atoms with Crippen LogP contribution in [0.4, 0.5) is 4.39 Å². The standard InChI is InChI=1S/C15H20FNO3/c1-14(2,13(19)20)9-17-12(18)15(3,4)10-5-7-11(16)8-6-10/h5-8H,9H2,1-4H3,(H,17,18)(H,19,20). The number of halogens is 1. The highest BCUT2D eigenvalue weighted by Crippen LogP contribution is 2.24. The number of aliphatic carboxylic acids is 1. The van der Waals surface area contributed by atoms with Crippen LogP contribution in [-0.4, -0.2) is 23.5 Å². The molecule has 1 aromatic carbocycles. The van der Waals surface area contributed by atoms with Gasteiger partial charge in [0.05, 0.1) is 10.8 Å². The number of carboxylic acid groups (broad SMARTS) is 1. The quantitative estimate of drug-likeness (QED) is 0.870. The van der Waals surface area contributed by atoms with E-state index < -0.39 is 16.8 Å². The normalized spacial score (nSPS) is 12.1. The van der Waals surface area contributed by atoms with Crippen molar-refractivity contribution in [2.75, 3.05) is 6.54 Å². The SMILES string of the molecule is CC(C)(CNC(=O)C(C)(C)c1ccc(F)cc1)C(=O)O. The van der Waals surface area contributed by atoms with E-state index >= 15 is 0 Å². The van der Waals surface area contributed by atoms with Crippen LogP contribution in [0.15, 0.2) is 24.3 Å². The first-order valence-electron chi connectivity index (χ1n) is 6.35. The summed E-state index contributed by atoms with van der Waals surface area (Å²) in [4.78, 5) is 23.2. The summed E-state index contributed by atoms with van der Waals surface area (Å²) < 4.78 is 12.9. The molecular formula is C15H20FNO3. The van der Waals surface area contributed by atoms with Gasteiger partial charge in [-0.25, -0.2) is 4.39 Å². The van der Waals surface area contributed by atoms with Gasteiger partial charge in [0, 0.05) is 6.54 Å². The van der Waals surface area contributed by atoms with Crippen LogP contribution >= 0.6 is 0 Å². The lowest BCUT2D eigenvalue weighted by atomic mass is 9.83. The smallest absolute Gasteiger partial charge is 0.310 e. The fourth-order valence-corrected chi connectivity index (χ4v) is 1.60. The Balaban J connectivity index is 2.80. The van der Waals surface area contributed by atoms with Crippen LogP contribution < -0.4 is 5.32 Å². The lowest BCUT2D eigenvalue weighted by Crippen LogP contribution is -2.45. The Morgan fingerprint density at radius 1 is 1.15 bits per heavy atom. The number of amides is 1. The third-order valence-electron chi connectivity index (χ3n) is 3.40. The highest BCUT2D eigenvalue weighted by molar-refractivity contribution is 5.87. The van der Waals surface area contributed by atoms with Gasteiger partial charge in [-0.3, -0.25) is 9.59 Å². The molecule has 2 N–H and O–H groups in total. The van der Waals surface area contributed by atoms with Crippen molar-refractivity contribution >= 4 is 11.9 Å². The molecule has 0 aliphatic rings. The van der Waals surface area contributed by atoms with Crippen LogP contribution in [0, 0.1) is 11.2 Å². The van der Waals surface area contributed by atoms with E-state index in [-0.39, 0.29) is 18.3 Å². The molecule has 0 saturated heterocycles. The largest absolute Gasteiger partial charge is 0.481 e. The van der Waals surface area contributed by atoms with Gasteiger partial charge in [0.15, 0.2) is 0 Å². The molecule has 0 unspecified atom stereocenters. The molecule has 0 fully saturated rings. The summed E-state index contributed by atoms with van der Waals surface area (Å²) >= 11 is 0. The van der Waals surface area contributed by atoms with E-state index in [4.69, 9.17) is 5.11 Å². The summed E-state index contributed by atoms with van der Waals surface area (Å²) in [5, 5.41) is 11.7. The molecule has 1 amide bonds. The maximum absolute atomic E-state index is 12.9. The second-order valence-electron chi connectivity index (χ2n) is 6.00. The third kappa shape index (κ3) is 3.56. The van der Waals surface area contributed by atoms with Crippen LogP contribution in [0.1, 0.15) is 33.3 Å². The number of rotatable bonds is 5. The second-order valence-corrected chi connectivity index (χ2v) is 6.00. The summed E-state index contributed by atoms with van der Waals surface area (Å²) in [5.41, 5.74) is -1.22. The van der Waals surface area contributed by atoms with E-state index in [0.717, 1.165) is 0 Å². The molecule has 0 radical (unpaired) electrons. The maximum atomic E-state index is 12.9. The third-order valence-corrected chi connectivity index (χ3v) is 3.40. The first-order valence-corrected chi connectivity index (χ1v) is 6.35. The first-order chi connectivity index (χ1) is 9.07. The molecular weight excluding hydrogens is 261 g/mol. The maximum Gasteiger partial charge on any atom is 0.310 e. The van der Waals surface area contributed by atoms with Crippen molar-refractivity contribution in [1.82, 2.24) is 5.32 Å². The van der Waals surface area contributed by atoms with Crippen LogP contribution in [0.5, 0.6) is 0 Å². The first kappa shape index (κ1) is 16.1. The van der Waals surface area contributed by atoms with E-state index in [9.17, 15) is 14.0 Å². The van der Waals surface area contributed by atoms with Crippen molar-refractivity contribution in [3.63, 3.8) is 0 Å². The molecule has 0 atom stereocenters. The summed E-state index contributed by atoms with van der Waals surface area (Å²) in [6.45, 7) is 6.54. The Morgan fingerprint density at radius 3 is 2.10 bits per heavy atom. The number of benzene rings is 1. The Labute approximate surface area is 118 Å². The monoisotopic (exact) mass is 281 g/mol. The van der Waals surface area contributed by atoms with Gasteiger partial charge >= 0.3 is 5.97 Å². The van der Waals surface area contributed by atoms with E-state index in [1.807, 2.05) is 0 Å². The van der Waals surface area contributed by atoms with Gasteiger partial charge in [0.1, 0.15) is 5.82 Å². The molecule has 20 heavy (non-hydrogen) atoms. The number of nitrogens with one attached hydrogen (secondary N) is 1. The van der Waals surface area contributed by atoms with Gasteiger partial charge in [-0.05, 0) is 45.4 Å². The number of hydrogen-bond donors (Lipinski definition) is 2. The topological polar surface area (TPSA) is 66.4 Å². The fraction of sp³-hybridized carbons (Fsp3) is 0.467. The molecule has 0 aliphatic carbocycles. The van der Waals surface area contributed by atoms with Gasteiger partial charge < -0.3 is 10.4 Å². The summed E-state index contributed by atoms with van der Waals surface area (Å²) in [6.07, 6.45) is 0. The summed E-state index contributed by atoms with van der Waals surface area (Å²) in [5.74, 6) is -1.63. The zero-order valence-electron chi connectivity index (χ0n) is 12.2. The van der Waals surface area contributed by atoms with Crippen molar-refractivity contribution in [1.29, 1.82) is 0 Å². The predicted octanol–water partition coefficient (Wildman–Crippen LogP) is 2.33. The molecule has 0 spiro atoms. The Kier molecular flexibility index (Phi) is 4.53. The number of hydrogen-bond acceptors (Lipinski definition) is 2. The number of carbonyl (C=O) groups is 2. The van der Waals surface area contributed by atoms with E-state index in [1.54, 1.807) is 39.8 Å². The van der Waals surface area contributed by atoms with Crippen LogP contribution in [-0.2, 0) is 15.0 Å². The van der Waals surface area contributed by atoms with Crippen molar-refractivity contribution in [3.05, 3.63) is 35.6 Å². The van der Waals surface area contributed by atoms with Gasteiger partial charge in [-0.1, -0.05) is 12.1 Å². The summed E-state index contributed by atoms with van der Waals surface area (Å²) in [7, 11) is 0. The van der Waals surface area contributed by atoms with Crippen molar-refractivity contribution < 1.29 is 19.1 Å². The van der Waals surface area contributed by atoms with Gasteiger partial charge in [0.25, 0.3) is 0 Å². The molecule has 1 aromatic rings. The molecule has 0 saturated carbocycles. The predicted molar refractivity (Wildman–Crippen MR) is 73.9 cm³/mol. The van der Waals surface area contributed by atoms with Crippen LogP contribution in [0.3, 0.4) is 0 Å². The van der Waals surface area contributed by atoms with Crippen LogP contribution in [0.2, 0.25) is 0 Å². The van der Waals surface area contributed by atoms with E-state index in [0.29, 0.717) is 5.56 Å². The minimum atomic E-state index is -1.03. The van der Waals surface area contributed by atoms with Crippen LogP contribution in [0.25, 0.3) is 0 Å². The molecule has 0 aliphatic heterocycles. The molecule has 110 valence electrons. The molecule has 1 rings (SSSR count).